The van der Waals surface area contributed by atoms with Gasteiger partial charge in [0.15, 0.2) is 0 Å². The average molecular weight is 281 g/mol. The molecule has 108 valence electrons. The standard InChI is InChI=1S/C10H14F3N3O3/c1-2-3-15-6-7(14)8(17)16(9(15)18)4-5-19-10(11,12)13/h6H,2-5,14H2,1H3. The highest BCUT2D eigenvalue weighted by Crippen LogP contribution is 2.15. The predicted molar refractivity (Wildman–Crippen MR) is 61.7 cm³/mol. The van der Waals surface area contributed by atoms with E-state index in [9.17, 15) is 22.8 Å². The highest BCUT2D eigenvalue weighted by molar-refractivity contribution is 5.30. The molecule has 0 bridgehead atoms. The molecule has 0 aromatic carbocycles. The Morgan fingerprint density at radius 2 is 1.95 bits per heavy atom. The molecule has 1 aromatic heterocycles. The first-order valence-corrected chi connectivity index (χ1v) is 5.56. The fraction of sp³-hybridized carbons (Fsp3) is 0.600. The molecule has 19 heavy (non-hydrogen) atoms. The lowest BCUT2D eigenvalue weighted by Gasteiger charge is -2.11. The Kier molecular flexibility index (Phi) is 4.76. The lowest BCUT2D eigenvalue weighted by Crippen LogP contribution is -2.41. The molecule has 1 heterocycles. The molecule has 0 aliphatic carbocycles. The van der Waals surface area contributed by atoms with E-state index in [0.717, 1.165) is 0 Å². The number of alkyl halides is 3. The first kappa shape index (κ1) is 15.3. The summed E-state index contributed by atoms with van der Waals surface area (Å²) in [6, 6.07) is 0. The van der Waals surface area contributed by atoms with Gasteiger partial charge in [0.1, 0.15) is 5.69 Å². The van der Waals surface area contributed by atoms with Gasteiger partial charge in [0.2, 0.25) is 0 Å². The molecule has 0 aliphatic heterocycles. The van der Waals surface area contributed by atoms with Crippen LogP contribution in [-0.2, 0) is 17.8 Å². The average Bonchev–Trinajstić information content (AvgIpc) is 2.29. The van der Waals surface area contributed by atoms with Crippen molar-refractivity contribution in [1.29, 1.82) is 0 Å². The maximum Gasteiger partial charge on any atom is 0.522 e. The zero-order valence-corrected chi connectivity index (χ0v) is 10.2. The first-order valence-electron chi connectivity index (χ1n) is 5.56. The number of nitrogens with two attached hydrogens (primary N) is 1. The van der Waals surface area contributed by atoms with Crippen molar-refractivity contribution in [2.24, 2.45) is 0 Å². The summed E-state index contributed by atoms with van der Waals surface area (Å²) in [5, 5.41) is 0. The lowest BCUT2D eigenvalue weighted by molar-refractivity contribution is -0.325. The second kappa shape index (κ2) is 5.91. The fourth-order valence-corrected chi connectivity index (χ4v) is 1.53. The van der Waals surface area contributed by atoms with Crippen LogP contribution in [0, 0.1) is 0 Å². The maximum atomic E-state index is 11.8. The molecule has 0 saturated heterocycles. The molecule has 2 N–H and O–H groups in total. The number of hydrogen-bond acceptors (Lipinski definition) is 4. The molecule has 0 amide bonds. The summed E-state index contributed by atoms with van der Waals surface area (Å²) in [6.45, 7) is 0.800. The smallest absolute Gasteiger partial charge is 0.393 e. The number of aryl methyl sites for hydroxylation is 1. The van der Waals surface area contributed by atoms with Crippen molar-refractivity contribution in [2.75, 3.05) is 12.3 Å². The van der Waals surface area contributed by atoms with Crippen molar-refractivity contribution in [3.63, 3.8) is 0 Å². The normalized spacial score (nSPS) is 11.8. The molecule has 0 aliphatic rings. The van der Waals surface area contributed by atoms with Gasteiger partial charge in [-0.2, -0.15) is 0 Å². The van der Waals surface area contributed by atoms with E-state index in [-0.39, 0.29) is 5.69 Å². The minimum Gasteiger partial charge on any atom is -0.393 e. The Balaban J connectivity index is 2.99. The second-order valence-electron chi connectivity index (χ2n) is 3.81. The van der Waals surface area contributed by atoms with E-state index in [1.165, 1.54) is 10.8 Å². The molecular formula is C10H14F3N3O3. The minimum atomic E-state index is -4.80. The van der Waals surface area contributed by atoms with Crippen LogP contribution in [0.3, 0.4) is 0 Å². The van der Waals surface area contributed by atoms with Gasteiger partial charge < -0.3 is 5.73 Å². The lowest BCUT2D eigenvalue weighted by atomic mass is 10.4. The van der Waals surface area contributed by atoms with Crippen LogP contribution >= 0.6 is 0 Å². The van der Waals surface area contributed by atoms with Gasteiger partial charge in [0, 0.05) is 12.7 Å². The van der Waals surface area contributed by atoms with Crippen molar-refractivity contribution in [3.8, 4) is 0 Å². The van der Waals surface area contributed by atoms with Gasteiger partial charge in [0.05, 0.1) is 13.2 Å². The highest BCUT2D eigenvalue weighted by atomic mass is 19.4. The molecule has 9 heteroatoms. The number of nitrogen functional groups attached to an aromatic ring is 1. The van der Waals surface area contributed by atoms with Crippen LogP contribution in [-0.4, -0.2) is 22.1 Å². The van der Waals surface area contributed by atoms with Gasteiger partial charge in [-0.25, -0.2) is 4.79 Å². The van der Waals surface area contributed by atoms with Crippen LogP contribution in [0.4, 0.5) is 18.9 Å². The Morgan fingerprint density at radius 1 is 1.32 bits per heavy atom. The number of nitrogens with zero attached hydrogens (tertiary/aromatic N) is 2. The summed E-state index contributed by atoms with van der Waals surface area (Å²) < 4.78 is 40.8. The van der Waals surface area contributed by atoms with Crippen molar-refractivity contribution in [1.82, 2.24) is 9.13 Å². The second-order valence-corrected chi connectivity index (χ2v) is 3.81. The third-order valence-corrected chi connectivity index (χ3v) is 2.31. The predicted octanol–water partition coefficient (Wildman–Crippen LogP) is 0.539. The summed E-state index contributed by atoms with van der Waals surface area (Å²) in [5.74, 6) is 0. The van der Waals surface area contributed by atoms with Crippen LogP contribution < -0.4 is 17.0 Å². The number of ether oxygens (including phenoxy) is 1. The molecule has 0 spiro atoms. The van der Waals surface area contributed by atoms with E-state index in [1.54, 1.807) is 0 Å². The van der Waals surface area contributed by atoms with Gasteiger partial charge in [-0.15, -0.1) is 13.2 Å². The number of aromatic nitrogens is 2. The number of hydrogen-bond donors (Lipinski definition) is 1. The maximum absolute atomic E-state index is 11.8. The summed E-state index contributed by atoms with van der Waals surface area (Å²) >= 11 is 0. The molecule has 1 rings (SSSR count). The van der Waals surface area contributed by atoms with Crippen LogP contribution in [0.25, 0.3) is 0 Å². The summed E-state index contributed by atoms with van der Waals surface area (Å²) in [7, 11) is 0. The molecular weight excluding hydrogens is 267 g/mol. The largest absolute Gasteiger partial charge is 0.522 e. The zero-order chi connectivity index (χ0) is 14.6. The molecule has 0 radical (unpaired) electrons. The van der Waals surface area contributed by atoms with Gasteiger partial charge in [0.25, 0.3) is 5.56 Å². The quantitative estimate of drug-likeness (QED) is 0.854. The van der Waals surface area contributed by atoms with Gasteiger partial charge in [-0.1, -0.05) is 6.92 Å². The van der Waals surface area contributed by atoms with E-state index in [2.05, 4.69) is 4.74 Å². The van der Waals surface area contributed by atoms with Crippen LogP contribution in [0.1, 0.15) is 13.3 Å². The number of rotatable bonds is 5. The molecule has 0 unspecified atom stereocenters. The minimum absolute atomic E-state index is 0.194. The topological polar surface area (TPSA) is 79.2 Å². The Hall–Kier alpha value is -1.77. The summed E-state index contributed by atoms with van der Waals surface area (Å²) in [5.41, 5.74) is 3.71. The highest BCUT2D eigenvalue weighted by Gasteiger charge is 2.28. The van der Waals surface area contributed by atoms with Crippen LogP contribution in [0.15, 0.2) is 15.8 Å². The summed E-state index contributed by atoms with van der Waals surface area (Å²) in [6.07, 6.45) is -2.99. The van der Waals surface area contributed by atoms with Gasteiger partial charge in [-0.3, -0.25) is 18.7 Å². The fourth-order valence-electron chi connectivity index (χ4n) is 1.53. The molecule has 6 nitrogen and oxygen atoms in total. The molecule has 0 fully saturated rings. The van der Waals surface area contributed by atoms with Crippen molar-refractivity contribution in [3.05, 3.63) is 27.0 Å². The van der Waals surface area contributed by atoms with Crippen molar-refractivity contribution in [2.45, 2.75) is 32.8 Å². The van der Waals surface area contributed by atoms with E-state index >= 15 is 0 Å². The monoisotopic (exact) mass is 281 g/mol. The Morgan fingerprint density at radius 3 is 2.47 bits per heavy atom. The summed E-state index contributed by atoms with van der Waals surface area (Å²) in [4.78, 5) is 23.4. The Labute approximate surface area is 106 Å². The van der Waals surface area contributed by atoms with Crippen LogP contribution in [0.2, 0.25) is 0 Å². The first-order chi connectivity index (χ1) is 8.76. The van der Waals surface area contributed by atoms with Crippen molar-refractivity contribution < 1.29 is 17.9 Å². The van der Waals surface area contributed by atoms with E-state index < -0.39 is 30.8 Å². The van der Waals surface area contributed by atoms with Crippen LogP contribution in [0.5, 0.6) is 0 Å². The number of halogens is 3. The molecule has 0 atom stereocenters. The molecule has 1 aromatic rings. The van der Waals surface area contributed by atoms with E-state index in [0.29, 0.717) is 17.5 Å². The van der Waals surface area contributed by atoms with E-state index in [1.807, 2.05) is 6.92 Å². The van der Waals surface area contributed by atoms with Gasteiger partial charge in [-0.05, 0) is 6.42 Å². The third kappa shape index (κ3) is 4.12. The van der Waals surface area contributed by atoms with Crippen molar-refractivity contribution >= 4 is 5.69 Å². The zero-order valence-electron chi connectivity index (χ0n) is 10.2. The third-order valence-electron chi connectivity index (χ3n) is 2.31. The van der Waals surface area contributed by atoms with Gasteiger partial charge >= 0.3 is 12.1 Å². The SMILES string of the molecule is CCCn1cc(N)c(=O)n(CCOC(F)(F)F)c1=O. The number of anilines is 1. The Bertz CT molecular complexity index is 548. The van der Waals surface area contributed by atoms with E-state index in [4.69, 9.17) is 5.73 Å². The molecule has 0 saturated carbocycles.